The Labute approximate surface area is 196 Å². The summed E-state index contributed by atoms with van der Waals surface area (Å²) in [6.07, 6.45) is 3.68. The minimum Gasteiger partial charge on any atom is -0.496 e. The van der Waals surface area contributed by atoms with Crippen LogP contribution in [0.1, 0.15) is 37.0 Å². The van der Waals surface area contributed by atoms with Crippen LogP contribution in [0.5, 0.6) is 5.75 Å². The first-order valence-electron chi connectivity index (χ1n) is 10.9. The zero-order valence-electron chi connectivity index (χ0n) is 19.3. The number of pyridine rings is 2. The molecule has 33 heavy (non-hydrogen) atoms. The SMILES string of the molecule is CCSc1nc2cnc3cc(-c4c(C)noc4C)c(OC)cc3c2n1[C@H](C)c1ccccn1. The van der Waals surface area contributed by atoms with Crippen LogP contribution in [0.25, 0.3) is 33.1 Å². The normalized spacial score (nSPS) is 12.5. The summed E-state index contributed by atoms with van der Waals surface area (Å²) in [5.41, 5.74) is 6.40. The standard InChI is InChI=1S/C25H25N5O2S/c1-6-33-25-28-21-13-27-20-11-18(23-14(2)29-32-16(23)4)22(31-5)12-17(20)24(21)30(25)15(3)19-9-7-8-10-26-19/h7-13,15H,6H2,1-5H3/t15-/m1/s1. The number of aromatic nitrogens is 5. The monoisotopic (exact) mass is 459 g/mol. The molecule has 0 saturated heterocycles. The van der Waals surface area contributed by atoms with Gasteiger partial charge in [-0.25, -0.2) is 4.98 Å². The number of imidazole rings is 1. The fourth-order valence-corrected chi connectivity index (χ4v) is 5.17. The van der Waals surface area contributed by atoms with E-state index in [0.29, 0.717) is 0 Å². The molecule has 5 aromatic rings. The maximum Gasteiger partial charge on any atom is 0.169 e. The molecule has 0 amide bonds. The molecular formula is C25H25N5O2S. The van der Waals surface area contributed by atoms with Crippen molar-refractivity contribution in [3.05, 3.63) is 59.9 Å². The highest BCUT2D eigenvalue weighted by Crippen LogP contribution is 2.40. The van der Waals surface area contributed by atoms with Crippen LogP contribution in [0.15, 0.2) is 52.4 Å². The minimum atomic E-state index is 0.00378. The zero-order valence-corrected chi connectivity index (χ0v) is 20.1. The van der Waals surface area contributed by atoms with Crippen LogP contribution in [-0.4, -0.2) is 37.5 Å². The molecule has 5 rings (SSSR count). The molecule has 1 aromatic carbocycles. The number of methoxy groups -OCH3 is 1. The second kappa shape index (κ2) is 8.51. The van der Waals surface area contributed by atoms with Gasteiger partial charge in [-0.3, -0.25) is 9.97 Å². The van der Waals surface area contributed by atoms with Crippen LogP contribution in [0, 0.1) is 13.8 Å². The third kappa shape index (κ3) is 3.54. The lowest BCUT2D eigenvalue weighted by Gasteiger charge is -2.18. The molecule has 4 aromatic heterocycles. The molecule has 168 valence electrons. The average Bonchev–Trinajstić information content (AvgIpc) is 3.37. The van der Waals surface area contributed by atoms with Gasteiger partial charge in [0, 0.05) is 17.1 Å². The van der Waals surface area contributed by atoms with Crippen LogP contribution in [0.4, 0.5) is 0 Å². The Morgan fingerprint density at radius 3 is 2.67 bits per heavy atom. The maximum absolute atomic E-state index is 5.83. The Morgan fingerprint density at radius 1 is 1.15 bits per heavy atom. The Balaban J connectivity index is 1.82. The van der Waals surface area contributed by atoms with Crippen LogP contribution in [-0.2, 0) is 0 Å². The van der Waals surface area contributed by atoms with E-state index in [4.69, 9.17) is 19.2 Å². The summed E-state index contributed by atoms with van der Waals surface area (Å²) in [6, 6.07) is 10.1. The fourth-order valence-electron chi connectivity index (χ4n) is 4.36. The summed E-state index contributed by atoms with van der Waals surface area (Å²) in [6.45, 7) is 8.14. The molecule has 0 saturated carbocycles. The molecule has 8 heteroatoms. The van der Waals surface area contributed by atoms with Gasteiger partial charge in [0.15, 0.2) is 5.16 Å². The van der Waals surface area contributed by atoms with E-state index in [0.717, 1.165) is 66.9 Å². The van der Waals surface area contributed by atoms with Crippen molar-refractivity contribution in [2.75, 3.05) is 12.9 Å². The summed E-state index contributed by atoms with van der Waals surface area (Å²) < 4.78 is 13.5. The van der Waals surface area contributed by atoms with Gasteiger partial charge in [-0.1, -0.05) is 29.9 Å². The number of ether oxygens (including phenoxy) is 1. The number of hydrogen-bond acceptors (Lipinski definition) is 7. The van der Waals surface area contributed by atoms with E-state index in [9.17, 15) is 0 Å². The average molecular weight is 460 g/mol. The number of thioether (sulfide) groups is 1. The van der Waals surface area contributed by atoms with E-state index in [2.05, 4.69) is 46.8 Å². The molecule has 0 bridgehead atoms. The molecule has 7 nitrogen and oxygen atoms in total. The second-order valence-corrected chi connectivity index (χ2v) is 9.12. The smallest absolute Gasteiger partial charge is 0.169 e. The van der Waals surface area contributed by atoms with Gasteiger partial charge >= 0.3 is 0 Å². The third-order valence-electron chi connectivity index (χ3n) is 5.88. The molecule has 0 aliphatic carbocycles. The number of aryl methyl sites for hydroxylation is 2. The highest BCUT2D eigenvalue weighted by Gasteiger charge is 2.23. The topological polar surface area (TPSA) is 78.9 Å². The second-order valence-electron chi connectivity index (χ2n) is 7.89. The van der Waals surface area contributed by atoms with Gasteiger partial charge in [-0.05, 0) is 50.8 Å². The summed E-state index contributed by atoms with van der Waals surface area (Å²) in [4.78, 5) is 14.3. The van der Waals surface area contributed by atoms with Crippen LogP contribution < -0.4 is 4.74 Å². The van der Waals surface area contributed by atoms with Crippen molar-refractivity contribution in [1.29, 1.82) is 0 Å². The van der Waals surface area contributed by atoms with Crippen molar-refractivity contribution in [3.8, 4) is 16.9 Å². The van der Waals surface area contributed by atoms with Crippen molar-refractivity contribution in [2.24, 2.45) is 0 Å². The van der Waals surface area contributed by atoms with E-state index in [1.54, 1.807) is 18.9 Å². The Hall–Kier alpha value is -3.39. The first-order chi connectivity index (χ1) is 16.0. The predicted molar refractivity (Wildman–Crippen MR) is 131 cm³/mol. The molecule has 4 heterocycles. The Bertz CT molecular complexity index is 1440. The van der Waals surface area contributed by atoms with Crippen molar-refractivity contribution < 1.29 is 9.26 Å². The molecule has 0 N–H and O–H groups in total. The van der Waals surface area contributed by atoms with Crippen molar-refractivity contribution in [3.63, 3.8) is 0 Å². The van der Waals surface area contributed by atoms with E-state index in [-0.39, 0.29) is 6.04 Å². The van der Waals surface area contributed by atoms with Crippen LogP contribution in [0.3, 0.4) is 0 Å². The van der Waals surface area contributed by atoms with E-state index >= 15 is 0 Å². The first-order valence-corrected chi connectivity index (χ1v) is 11.9. The fraction of sp³-hybridized carbons (Fsp3) is 0.280. The van der Waals surface area contributed by atoms with Gasteiger partial charge in [0.05, 0.1) is 47.3 Å². The number of rotatable bonds is 6. The maximum atomic E-state index is 5.83. The number of fused-ring (bicyclic) bond motifs is 3. The summed E-state index contributed by atoms with van der Waals surface area (Å²) in [5.74, 6) is 2.42. The highest BCUT2D eigenvalue weighted by molar-refractivity contribution is 7.99. The van der Waals surface area contributed by atoms with Crippen molar-refractivity contribution in [2.45, 2.75) is 38.9 Å². The van der Waals surface area contributed by atoms with E-state index < -0.39 is 0 Å². The number of benzene rings is 1. The minimum absolute atomic E-state index is 0.00378. The molecule has 0 fully saturated rings. The van der Waals surface area contributed by atoms with Crippen LogP contribution in [0.2, 0.25) is 0 Å². The zero-order chi connectivity index (χ0) is 23.1. The van der Waals surface area contributed by atoms with E-state index in [1.807, 2.05) is 38.4 Å². The van der Waals surface area contributed by atoms with E-state index in [1.165, 1.54) is 0 Å². The number of hydrogen-bond donors (Lipinski definition) is 0. The quantitative estimate of drug-likeness (QED) is 0.289. The van der Waals surface area contributed by atoms with Gasteiger partial charge in [-0.2, -0.15) is 0 Å². The number of nitrogens with zero attached hydrogens (tertiary/aromatic N) is 5. The highest BCUT2D eigenvalue weighted by atomic mass is 32.2. The lowest BCUT2D eigenvalue weighted by atomic mass is 10.0. The lowest BCUT2D eigenvalue weighted by molar-refractivity contribution is 0.393. The largest absolute Gasteiger partial charge is 0.496 e. The third-order valence-corrected chi connectivity index (χ3v) is 6.72. The first kappa shape index (κ1) is 21.5. The lowest BCUT2D eigenvalue weighted by Crippen LogP contribution is -2.10. The molecule has 0 unspecified atom stereocenters. The Kier molecular flexibility index (Phi) is 5.54. The Morgan fingerprint density at radius 2 is 2.00 bits per heavy atom. The molecule has 0 spiro atoms. The van der Waals surface area contributed by atoms with Crippen molar-refractivity contribution >= 4 is 33.7 Å². The summed E-state index contributed by atoms with van der Waals surface area (Å²) in [5, 5.41) is 6.05. The van der Waals surface area contributed by atoms with Crippen molar-refractivity contribution in [1.82, 2.24) is 24.7 Å². The summed E-state index contributed by atoms with van der Waals surface area (Å²) in [7, 11) is 1.68. The van der Waals surface area contributed by atoms with Crippen LogP contribution >= 0.6 is 11.8 Å². The predicted octanol–water partition coefficient (Wildman–Crippen LogP) is 5.98. The van der Waals surface area contributed by atoms with Gasteiger partial charge in [0.25, 0.3) is 0 Å². The molecular weight excluding hydrogens is 434 g/mol. The van der Waals surface area contributed by atoms with Gasteiger partial charge in [0.1, 0.15) is 17.0 Å². The molecule has 1 atom stereocenters. The molecule has 0 aliphatic heterocycles. The molecule has 0 aliphatic rings. The summed E-state index contributed by atoms with van der Waals surface area (Å²) >= 11 is 1.72. The van der Waals surface area contributed by atoms with Gasteiger partial charge in [-0.15, -0.1) is 0 Å². The molecule has 0 radical (unpaired) electrons. The van der Waals surface area contributed by atoms with Gasteiger partial charge < -0.3 is 13.8 Å². The van der Waals surface area contributed by atoms with Gasteiger partial charge in [0.2, 0.25) is 0 Å².